The van der Waals surface area contributed by atoms with Gasteiger partial charge in [0.05, 0.1) is 10.4 Å². The van der Waals surface area contributed by atoms with Crippen LogP contribution in [0.1, 0.15) is 5.56 Å². The highest BCUT2D eigenvalue weighted by atomic mass is 35.5. The van der Waals surface area contributed by atoms with Gasteiger partial charge in [-0.15, -0.1) is 11.3 Å². The molecular weight excluding hydrogens is 218 g/mol. The van der Waals surface area contributed by atoms with Gasteiger partial charge in [0.1, 0.15) is 6.61 Å². The first kappa shape index (κ1) is 8.26. The molecule has 14 heavy (non-hydrogen) atoms. The topological polar surface area (TPSA) is 22.1 Å². The Kier molecular flexibility index (Phi) is 1.75. The Morgan fingerprint density at radius 1 is 1.43 bits per heavy atom. The van der Waals surface area contributed by atoms with Crippen molar-refractivity contribution in [2.24, 2.45) is 0 Å². The summed E-state index contributed by atoms with van der Waals surface area (Å²) in [5.74, 6) is 0.741. The van der Waals surface area contributed by atoms with E-state index in [0.29, 0.717) is 6.61 Å². The van der Waals surface area contributed by atoms with E-state index in [2.05, 4.69) is 4.98 Å². The molecule has 1 aliphatic heterocycles. The molecule has 70 valence electrons. The summed E-state index contributed by atoms with van der Waals surface area (Å²) in [5.41, 5.74) is 4.13. The Labute approximate surface area is 90.1 Å². The first-order chi connectivity index (χ1) is 6.84. The zero-order chi connectivity index (χ0) is 9.54. The van der Waals surface area contributed by atoms with E-state index in [1.165, 1.54) is 5.56 Å². The lowest BCUT2D eigenvalue weighted by Gasteiger charge is -2.15. The number of halogens is 1. The molecule has 0 radical (unpaired) electrons. The van der Waals surface area contributed by atoms with Crippen molar-refractivity contribution >= 4 is 22.9 Å². The van der Waals surface area contributed by atoms with Crippen molar-refractivity contribution in [1.82, 2.24) is 4.98 Å². The first-order valence-electron chi connectivity index (χ1n) is 4.20. The number of hydrogen-bond acceptors (Lipinski definition) is 3. The number of ether oxygens (including phenoxy) is 1. The highest BCUT2D eigenvalue weighted by molar-refractivity contribution is 7.13. The van der Waals surface area contributed by atoms with Gasteiger partial charge in [-0.1, -0.05) is 17.7 Å². The van der Waals surface area contributed by atoms with Gasteiger partial charge in [0, 0.05) is 10.6 Å². The van der Waals surface area contributed by atoms with Crippen LogP contribution < -0.4 is 4.74 Å². The Bertz CT molecular complexity index is 495. The second-order valence-corrected chi connectivity index (χ2v) is 4.37. The van der Waals surface area contributed by atoms with Gasteiger partial charge in [-0.2, -0.15) is 0 Å². The van der Waals surface area contributed by atoms with Crippen LogP contribution in [0.15, 0.2) is 23.7 Å². The number of hydrogen-bond donors (Lipinski definition) is 0. The number of aromatic nitrogens is 1. The molecule has 0 fully saturated rings. The van der Waals surface area contributed by atoms with Crippen LogP contribution in [0.2, 0.25) is 5.02 Å². The zero-order valence-corrected chi connectivity index (χ0v) is 8.73. The Hall–Kier alpha value is -1.06. The van der Waals surface area contributed by atoms with Gasteiger partial charge in [-0.3, -0.25) is 0 Å². The molecule has 0 N–H and O–H groups in total. The molecule has 0 atom stereocenters. The van der Waals surface area contributed by atoms with Crippen molar-refractivity contribution in [3.8, 4) is 16.3 Å². The fraction of sp³-hybridized carbons (Fsp3) is 0.100. The molecule has 1 aliphatic rings. The fourth-order valence-electron chi connectivity index (χ4n) is 1.57. The summed E-state index contributed by atoms with van der Waals surface area (Å²) >= 11 is 7.50. The summed E-state index contributed by atoms with van der Waals surface area (Å²) < 4.78 is 5.49. The van der Waals surface area contributed by atoms with Crippen LogP contribution in [0.5, 0.6) is 5.88 Å². The molecule has 0 spiro atoms. The molecule has 0 saturated heterocycles. The first-order valence-corrected chi connectivity index (χ1v) is 5.45. The van der Waals surface area contributed by atoms with Gasteiger partial charge >= 0.3 is 0 Å². The molecule has 4 heteroatoms. The van der Waals surface area contributed by atoms with E-state index in [1.807, 2.05) is 18.2 Å². The fourth-order valence-corrected chi connectivity index (χ4v) is 2.55. The lowest BCUT2D eigenvalue weighted by molar-refractivity contribution is 0.292. The third kappa shape index (κ3) is 1.13. The SMILES string of the molecule is Clc1ccc2c(c1)COc1ncsc1-2. The largest absolute Gasteiger partial charge is 0.472 e. The second kappa shape index (κ2) is 2.97. The van der Waals surface area contributed by atoms with Gasteiger partial charge in [0.2, 0.25) is 5.88 Å². The minimum Gasteiger partial charge on any atom is -0.472 e. The molecule has 0 aliphatic carbocycles. The van der Waals surface area contributed by atoms with Crippen LogP contribution in [-0.4, -0.2) is 4.98 Å². The van der Waals surface area contributed by atoms with Crippen LogP contribution in [0.4, 0.5) is 0 Å². The van der Waals surface area contributed by atoms with E-state index in [-0.39, 0.29) is 0 Å². The Balaban J connectivity index is 2.26. The van der Waals surface area contributed by atoms with E-state index in [1.54, 1.807) is 16.8 Å². The molecule has 2 heterocycles. The lowest BCUT2D eigenvalue weighted by Crippen LogP contribution is -2.03. The summed E-state index contributed by atoms with van der Waals surface area (Å²) in [6, 6.07) is 5.87. The van der Waals surface area contributed by atoms with Crippen molar-refractivity contribution in [3.63, 3.8) is 0 Å². The van der Waals surface area contributed by atoms with Crippen molar-refractivity contribution in [3.05, 3.63) is 34.3 Å². The van der Waals surface area contributed by atoms with Gasteiger partial charge in [0.15, 0.2) is 0 Å². The van der Waals surface area contributed by atoms with Crippen LogP contribution in [-0.2, 0) is 6.61 Å². The molecule has 2 aromatic rings. The van der Waals surface area contributed by atoms with Crippen molar-refractivity contribution in [1.29, 1.82) is 0 Å². The predicted molar refractivity (Wildman–Crippen MR) is 56.9 cm³/mol. The number of fused-ring (bicyclic) bond motifs is 3. The number of rotatable bonds is 0. The van der Waals surface area contributed by atoms with E-state index in [0.717, 1.165) is 21.3 Å². The van der Waals surface area contributed by atoms with Crippen LogP contribution in [0, 0.1) is 0 Å². The molecule has 0 unspecified atom stereocenters. The van der Waals surface area contributed by atoms with Gasteiger partial charge in [-0.05, 0) is 17.7 Å². The summed E-state index contributed by atoms with van der Waals surface area (Å²) in [5, 5.41) is 0.750. The Morgan fingerprint density at radius 3 is 3.29 bits per heavy atom. The highest BCUT2D eigenvalue weighted by Crippen LogP contribution is 2.40. The second-order valence-electron chi connectivity index (χ2n) is 3.08. The molecular formula is C10H6ClNOS. The monoisotopic (exact) mass is 223 g/mol. The molecule has 2 nitrogen and oxygen atoms in total. The number of nitrogens with zero attached hydrogens (tertiary/aromatic N) is 1. The van der Waals surface area contributed by atoms with Crippen molar-refractivity contribution in [2.75, 3.05) is 0 Å². The van der Waals surface area contributed by atoms with Gasteiger partial charge in [0.25, 0.3) is 0 Å². The molecule has 1 aromatic heterocycles. The van der Waals surface area contributed by atoms with E-state index < -0.39 is 0 Å². The maximum atomic E-state index is 5.91. The average molecular weight is 224 g/mol. The van der Waals surface area contributed by atoms with E-state index in [4.69, 9.17) is 16.3 Å². The molecule has 0 amide bonds. The maximum Gasteiger partial charge on any atom is 0.232 e. The summed E-state index contributed by atoms with van der Waals surface area (Å²) in [7, 11) is 0. The van der Waals surface area contributed by atoms with Crippen LogP contribution in [0.3, 0.4) is 0 Å². The van der Waals surface area contributed by atoms with Crippen molar-refractivity contribution in [2.45, 2.75) is 6.61 Å². The summed E-state index contributed by atoms with van der Waals surface area (Å²) in [4.78, 5) is 5.24. The normalized spacial score (nSPS) is 12.9. The minimum atomic E-state index is 0.562. The molecule has 0 bridgehead atoms. The summed E-state index contributed by atoms with van der Waals surface area (Å²) in [6.07, 6.45) is 0. The van der Waals surface area contributed by atoms with Crippen molar-refractivity contribution < 1.29 is 4.74 Å². The highest BCUT2D eigenvalue weighted by Gasteiger charge is 2.19. The average Bonchev–Trinajstić information content (AvgIpc) is 2.65. The third-order valence-electron chi connectivity index (χ3n) is 2.21. The standard InChI is InChI=1S/C10H6ClNOS/c11-7-1-2-8-6(3-7)4-13-10-9(8)14-5-12-10/h1-3,5H,4H2. The third-order valence-corrected chi connectivity index (χ3v) is 3.29. The zero-order valence-electron chi connectivity index (χ0n) is 7.16. The van der Waals surface area contributed by atoms with Crippen LogP contribution >= 0.6 is 22.9 Å². The smallest absolute Gasteiger partial charge is 0.232 e. The predicted octanol–water partition coefficient (Wildman–Crippen LogP) is 3.36. The maximum absolute atomic E-state index is 5.91. The van der Waals surface area contributed by atoms with Crippen LogP contribution in [0.25, 0.3) is 10.4 Å². The quantitative estimate of drug-likeness (QED) is 0.683. The molecule has 3 rings (SSSR count). The number of benzene rings is 1. The molecule has 0 saturated carbocycles. The van der Waals surface area contributed by atoms with Gasteiger partial charge < -0.3 is 4.74 Å². The lowest BCUT2D eigenvalue weighted by atomic mass is 10.1. The van der Waals surface area contributed by atoms with E-state index >= 15 is 0 Å². The van der Waals surface area contributed by atoms with E-state index in [9.17, 15) is 0 Å². The molecule has 1 aromatic carbocycles. The number of thiazole rings is 1. The Morgan fingerprint density at radius 2 is 2.36 bits per heavy atom. The summed E-state index contributed by atoms with van der Waals surface area (Å²) in [6.45, 7) is 0.562. The van der Waals surface area contributed by atoms with Gasteiger partial charge in [-0.25, -0.2) is 4.98 Å². The minimum absolute atomic E-state index is 0.562.